The zero-order valence-corrected chi connectivity index (χ0v) is 17.1. The standard InChI is InChI=1S/C6H14.C2H6.Mo.2H3O3PS/c1-3-5-6-4-2;1-2;;2*1-4(2,3)5/h3-6H2,1-2H3;1-2H3;;2*(H3,1,2,3,5). The quantitative estimate of drug-likeness (QED) is 0.224. The fourth-order valence-electron chi connectivity index (χ4n) is 0.500. The third kappa shape index (κ3) is 276. The SMILES string of the molecule is CC.CCCCCC.OP(O)(O)=S.OP(O)(O)=S.[Mo]. The maximum atomic E-state index is 7.56. The fourth-order valence-corrected chi connectivity index (χ4v) is 0.500. The summed E-state index contributed by atoms with van der Waals surface area (Å²) in [6.07, 6.45) is 5.54. The summed E-state index contributed by atoms with van der Waals surface area (Å²) in [6, 6.07) is 0. The molecule has 0 amide bonds. The van der Waals surface area contributed by atoms with E-state index in [1.165, 1.54) is 25.7 Å². The Bertz CT molecular complexity index is 193. The van der Waals surface area contributed by atoms with Crippen molar-refractivity contribution in [3.05, 3.63) is 0 Å². The van der Waals surface area contributed by atoms with Crippen LogP contribution >= 0.6 is 13.4 Å². The summed E-state index contributed by atoms with van der Waals surface area (Å²) < 4.78 is 0. The van der Waals surface area contributed by atoms with Gasteiger partial charge in [0.25, 0.3) is 0 Å². The Hall–Kier alpha value is 1.75. The molecule has 0 saturated heterocycles. The van der Waals surface area contributed by atoms with Gasteiger partial charge in [0.05, 0.1) is 0 Å². The molecular formula is C8H26MoO6P2S2. The molecule has 122 valence electrons. The summed E-state index contributed by atoms with van der Waals surface area (Å²) in [7, 11) is 0. The van der Waals surface area contributed by atoms with Gasteiger partial charge in [-0.1, -0.05) is 53.4 Å². The van der Waals surface area contributed by atoms with Crippen molar-refractivity contribution < 1.29 is 50.4 Å². The van der Waals surface area contributed by atoms with Gasteiger partial charge in [-0.15, -0.1) is 0 Å². The van der Waals surface area contributed by atoms with Crippen LogP contribution in [0, 0.1) is 0 Å². The van der Waals surface area contributed by atoms with Gasteiger partial charge in [0, 0.05) is 21.1 Å². The van der Waals surface area contributed by atoms with Crippen molar-refractivity contribution in [2.75, 3.05) is 0 Å². The molecule has 0 aliphatic rings. The van der Waals surface area contributed by atoms with E-state index in [1.54, 1.807) is 0 Å². The van der Waals surface area contributed by atoms with Crippen LogP contribution in [0.3, 0.4) is 0 Å². The molecule has 0 saturated carbocycles. The Labute approximate surface area is 140 Å². The molecule has 0 aromatic rings. The third-order valence-electron chi connectivity index (χ3n) is 0.957. The Balaban J connectivity index is -0.0000000474. The summed E-state index contributed by atoms with van der Waals surface area (Å²) in [5.74, 6) is 0. The number of hydrogen-bond acceptors (Lipinski definition) is 2. The summed E-state index contributed by atoms with van der Waals surface area (Å²) in [5.41, 5.74) is 0. The van der Waals surface area contributed by atoms with Crippen LogP contribution in [0.25, 0.3) is 0 Å². The van der Waals surface area contributed by atoms with Crippen molar-refractivity contribution >= 4 is 37.1 Å². The molecule has 0 rings (SSSR count). The first-order valence-corrected chi connectivity index (χ1v) is 10.8. The summed E-state index contributed by atoms with van der Waals surface area (Å²) in [5, 5.41) is 0. The van der Waals surface area contributed by atoms with Crippen LogP contribution in [0.2, 0.25) is 0 Å². The van der Waals surface area contributed by atoms with Gasteiger partial charge in [-0.2, -0.15) is 0 Å². The van der Waals surface area contributed by atoms with Crippen LogP contribution in [-0.4, -0.2) is 29.4 Å². The van der Waals surface area contributed by atoms with Crippen LogP contribution in [0.4, 0.5) is 0 Å². The smallest absolute Gasteiger partial charge is 0.319 e. The van der Waals surface area contributed by atoms with Gasteiger partial charge in [-0.25, -0.2) is 0 Å². The molecule has 6 N–H and O–H groups in total. The second-order valence-electron chi connectivity index (χ2n) is 2.73. The van der Waals surface area contributed by atoms with E-state index in [9.17, 15) is 0 Å². The number of hydrogen-bond donors (Lipinski definition) is 6. The molecule has 0 spiro atoms. The largest absolute Gasteiger partial charge is 0.325 e. The van der Waals surface area contributed by atoms with Crippen LogP contribution in [0.1, 0.15) is 53.4 Å². The molecule has 6 nitrogen and oxygen atoms in total. The Morgan fingerprint density at radius 3 is 0.842 bits per heavy atom. The van der Waals surface area contributed by atoms with E-state index in [0.717, 1.165) is 0 Å². The molecule has 0 heterocycles. The molecule has 0 aromatic carbocycles. The van der Waals surface area contributed by atoms with Crippen molar-refractivity contribution in [3.8, 4) is 0 Å². The van der Waals surface area contributed by atoms with Crippen molar-refractivity contribution in [2.24, 2.45) is 0 Å². The Morgan fingerprint density at radius 2 is 0.789 bits per heavy atom. The molecular weight excluding hydrogens is 414 g/mol. The first-order chi connectivity index (χ1) is 7.91. The normalized spacial score (nSPS) is 9.37. The average Bonchev–Trinajstić information content (AvgIpc) is 2.12. The van der Waals surface area contributed by atoms with Crippen molar-refractivity contribution in [3.63, 3.8) is 0 Å². The van der Waals surface area contributed by atoms with Crippen molar-refractivity contribution in [2.45, 2.75) is 53.4 Å². The molecule has 0 atom stereocenters. The van der Waals surface area contributed by atoms with E-state index in [2.05, 4.69) is 37.5 Å². The molecule has 0 bridgehead atoms. The van der Waals surface area contributed by atoms with E-state index in [-0.39, 0.29) is 21.1 Å². The van der Waals surface area contributed by atoms with Crippen molar-refractivity contribution in [1.29, 1.82) is 0 Å². The molecule has 0 radical (unpaired) electrons. The zero-order valence-electron chi connectivity index (χ0n) is 11.6. The zero-order chi connectivity index (χ0) is 15.8. The molecule has 0 fully saturated rings. The second kappa shape index (κ2) is 22.0. The van der Waals surface area contributed by atoms with Crippen LogP contribution in [-0.2, 0) is 44.7 Å². The second-order valence-corrected chi connectivity index (χ2v) is 7.73. The fraction of sp³-hybridized carbons (Fsp3) is 1.00. The number of rotatable bonds is 3. The summed E-state index contributed by atoms with van der Waals surface area (Å²) in [4.78, 5) is 45.3. The maximum Gasteiger partial charge on any atom is 0.319 e. The molecule has 0 aromatic heterocycles. The van der Waals surface area contributed by atoms with Gasteiger partial charge in [-0.05, 0) is 23.6 Å². The predicted octanol–water partition coefficient (Wildman–Crippen LogP) is 1.99. The molecule has 0 unspecified atom stereocenters. The summed E-state index contributed by atoms with van der Waals surface area (Å²) >= 11 is 7.21. The Morgan fingerprint density at radius 1 is 0.684 bits per heavy atom. The summed E-state index contributed by atoms with van der Waals surface area (Å²) in [6.45, 7) is 0.852. The first kappa shape index (κ1) is 32.6. The number of unbranched alkanes of at least 4 members (excludes halogenated alkanes) is 3. The molecule has 11 heteroatoms. The Kier molecular flexibility index (Phi) is 37.8. The minimum Gasteiger partial charge on any atom is -0.325 e. The van der Waals surface area contributed by atoms with Gasteiger partial charge in [0.15, 0.2) is 0 Å². The molecule has 0 aliphatic carbocycles. The predicted molar refractivity (Wildman–Crippen MR) is 83.0 cm³/mol. The topological polar surface area (TPSA) is 121 Å². The van der Waals surface area contributed by atoms with E-state index < -0.39 is 13.4 Å². The van der Waals surface area contributed by atoms with Gasteiger partial charge >= 0.3 is 13.4 Å². The van der Waals surface area contributed by atoms with Crippen LogP contribution in [0.5, 0.6) is 0 Å². The molecule has 19 heavy (non-hydrogen) atoms. The molecule has 0 aliphatic heterocycles. The van der Waals surface area contributed by atoms with Crippen molar-refractivity contribution in [1.82, 2.24) is 0 Å². The van der Waals surface area contributed by atoms with E-state index >= 15 is 0 Å². The average molecular weight is 440 g/mol. The minimum absolute atomic E-state index is 0. The van der Waals surface area contributed by atoms with E-state index in [4.69, 9.17) is 29.4 Å². The van der Waals surface area contributed by atoms with E-state index in [1.807, 2.05) is 13.8 Å². The monoisotopic (exact) mass is 442 g/mol. The van der Waals surface area contributed by atoms with Crippen LogP contribution in [0.15, 0.2) is 0 Å². The van der Waals surface area contributed by atoms with Crippen LogP contribution < -0.4 is 0 Å². The minimum atomic E-state index is -3.81. The van der Waals surface area contributed by atoms with Gasteiger partial charge in [0.1, 0.15) is 0 Å². The van der Waals surface area contributed by atoms with Gasteiger partial charge < -0.3 is 29.4 Å². The van der Waals surface area contributed by atoms with E-state index in [0.29, 0.717) is 0 Å². The first-order valence-electron chi connectivity index (χ1n) is 5.48. The maximum absolute atomic E-state index is 7.56. The third-order valence-corrected chi connectivity index (χ3v) is 0.957. The van der Waals surface area contributed by atoms with Gasteiger partial charge in [-0.3, -0.25) is 0 Å². The van der Waals surface area contributed by atoms with Gasteiger partial charge in [0.2, 0.25) is 0 Å².